The minimum Gasteiger partial charge on any atom is -0.371 e. The van der Waals surface area contributed by atoms with Gasteiger partial charge >= 0.3 is 0 Å². The standard InChI is InChI=1S/C19H21FN2/c20-18-6-8-19(9-7-18)22-13-16-11-21(12-17(16)14-22)10-15-4-2-1-3-5-15/h1-9,16-17H,10-14H2. The van der Waals surface area contributed by atoms with E-state index in [0.717, 1.165) is 37.2 Å². The zero-order valence-electron chi connectivity index (χ0n) is 12.7. The highest BCUT2D eigenvalue weighted by molar-refractivity contribution is 5.47. The van der Waals surface area contributed by atoms with Crippen LogP contribution in [0.2, 0.25) is 0 Å². The summed E-state index contributed by atoms with van der Waals surface area (Å²) in [7, 11) is 0. The van der Waals surface area contributed by atoms with Crippen molar-refractivity contribution in [3.8, 4) is 0 Å². The van der Waals surface area contributed by atoms with E-state index < -0.39 is 0 Å². The van der Waals surface area contributed by atoms with E-state index in [4.69, 9.17) is 0 Å². The lowest BCUT2D eigenvalue weighted by Gasteiger charge is -2.23. The molecule has 0 N–H and O–H groups in total. The van der Waals surface area contributed by atoms with Crippen LogP contribution in [0, 0.1) is 17.7 Å². The van der Waals surface area contributed by atoms with Crippen LogP contribution in [-0.2, 0) is 6.54 Å². The minimum absolute atomic E-state index is 0.155. The van der Waals surface area contributed by atoms with Gasteiger partial charge in [-0.25, -0.2) is 4.39 Å². The van der Waals surface area contributed by atoms with Gasteiger partial charge in [-0.15, -0.1) is 0 Å². The first-order valence-corrected chi connectivity index (χ1v) is 8.05. The summed E-state index contributed by atoms with van der Waals surface area (Å²) in [6.07, 6.45) is 0. The zero-order valence-corrected chi connectivity index (χ0v) is 12.7. The van der Waals surface area contributed by atoms with E-state index in [0.29, 0.717) is 0 Å². The third-order valence-electron chi connectivity index (χ3n) is 5.00. The Hall–Kier alpha value is -1.87. The van der Waals surface area contributed by atoms with Crippen molar-refractivity contribution in [3.05, 3.63) is 66.0 Å². The molecule has 2 nitrogen and oxygen atoms in total. The number of fused-ring (bicyclic) bond motifs is 1. The molecule has 2 saturated heterocycles. The highest BCUT2D eigenvalue weighted by Crippen LogP contribution is 2.34. The molecule has 0 aromatic heterocycles. The molecule has 0 spiro atoms. The largest absolute Gasteiger partial charge is 0.371 e. The molecule has 0 radical (unpaired) electrons. The van der Waals surface area contributed by atoms with E-state index >= 15 is 0 Å². The van der Waals surface area contributed by atoms with Crippen LogP contribution in [0.3, 0.4) is 0 Å². The second kappa shape index (κ2) is 5.73. The molecule has 2 aromatic carbocycles. The first-order valence-electron chi connectivity index (χ1n) is 8.05. The summed E-state index contributed by atoms with van der Waals surface area (Å²) in [5.74, 6) is 1.33. The summed E-state index contributed by atoms with van der Waals surface area (Å²) in [5, 5.41) is 0. The molecule has 0 saturated carbocycles. The van der Waals surface area contributed by atoms with E-state index in [2.05, 4.69) is 40.1 Å². The van der Waals surface area contributed by atoms with Gasteiger partial charge in [-0.3, -0.25) is 4.90 Å². The maximum absolute atomic E-state index is 13.0. The molecule has 0 aliphatic carbocycles. The van der Waals surface area contributed by atoms with Gasteiger partial charge in [0.05, 0.1) is 0 Å². The fourth-order valence-corrected chi connectivity index (χ4v) is 3.92. The van der Waals surface area contributed by atoms with Crippen LogP contribution in [0.1, 0.15) is 5.56 Å². The Bertz CT molecular complexity index is 612. The maximum atomic E-state index is 13.0. The van der Waals surface area contributed by atoms with Crippen molar-refractivity contribution in [2.24, 2.45) is 11.8 Å². The van der Waals surface area contributed by atoms with Crippen molar-refractivity contribution in [1.82, 2.24) is 4.90 Å². The lowest BCUT2D eigenvalue weighted by molar-refractivity contribution is 0.309. The third kappa shape index (κ3) is 2.73. The molecule has 2 aliphatic heterocycles. The van der Waals surface area contributed by atoms with Crippen molar-refractivity contribution in [3.63, 3.8) is 0 Å². The van der Waals surface area contributed by atoms with Gasteiger partial charge in [0.1, 0.15) is 5.82 Å². The zero-order chi connectivity index (χ0) is 14.9. The van der Waals surface area contributed by atoms with Gasteiger partial charge in [0.25, 0.3) is 0 Å². The van der Waals surface area contributed by atoms with Crippen molar-refractivity contribution < 1.29 is 4.39 Å². The number of rotatable bonds is 3. The monoisotopic (exact) mass is 296 g/mol. The Morgan fingerprint density at radius 1 is 0.818 bits per heavy atom. The lowest BCUT2D eigenvalue weighted by Crippen LogP contribution is -2.28. The first kappa shape index (κ1) is 13.8. The fraction of sp³-hybridized carbons (Fsp3) is 0.368. The SMILES string of the molecule is Fc1ccc(N2CC3CN(Cc4ccccc4)CC3C2)cc1. The molecular weight excluding hydrogens is 275 g/mol. The number of halogens is 1. The molecule has 2 unspecified atom stereocenters. The van der Waals surface area contributed by atoms with Gasteiger partial charge in [0, 0.05) is 38.4 Å². The molecule has 22 heavy (non-hydrogen) atoms. The number of likely N-dealkylation sites (tertiary alicyclic amines) is 1. The molecule has 2 aromatic rings. The van der Waals surface area contributed by atoms with Crippen LogP contribution >= 0.6 is 0 Å². The number of anilines is 1. The molecule has 3 heteroatoms. The van der Waals surface area contributed by atoms with Gasteiger partial charge < -0.3 is 4.90 Å². The predicted molar refractivity (Wildman–Crippen MR) is 87.3 cm³/mol. The number of nitrogens with zero attached hydrogens (tertiary/aromatic N) is 2. The van der Waals surface area contributed by atoms with Crippen molar-refractivity contribution >= 4 is 5.69 Å². The van der Waals surface area contributed by atoms with Crippen LogP contribution in [0.5, 0.6) is 0 Å². The summed E-state index contributed by atoms with van der Waals surface area (Å²) >= 11 is 0. The Labute approximate surface area is 131 Å². The van der Waals surface area contributed by atoms with Crippen LogP contribution in [0.15, 0.2) is 54.6 Å². The molecule has 0 bridgehead atoms. The molecule has 2 aliphatic rings. The number of benzene rings is 2. The normalized spacial score (nSPS) is 24.7. The summed E-state index contributed by atoms with van der Waals surface area (Å²) in [6, 6.07) is 17.6. The number of hydrogen-bond donors (Lipinski definition) is 0. The van der Waals surface area contributed by atoms with Gasteiger partial charge in [-0.05, 0) is 41.7 Å². The maximum Gasteiger partial charge on any atom is 0.123 e. The molecular formula is C19H21FN2. The lowest BCUT2D eigenvalue weighted by atomic mass is 10.0. The fourth-order valence-electron chi connectivity index (χ4n) is 3.92. The predicted octanol–water partition coefficient (Wildman–Crippen LogP) is 3.39. The first-order chi connectivity index (χ1) is 10.8. The van der Waals surface area contributed by atoms with Crippen molar-refractivity contribution in [1.29, 1.82) is 0 Å². The van der Waals surface area contributed by atoms with E-state index in [1.165, 1.54) is 18.7 Å². The highest BCUT2D eigenvalue weighted by Gasteiger charge is 2.39. The average molecular weight is 296 g/mol. The van der Waals surface area contributed by atoms with Crippen molar-refractivity contribution in [2.75, 3.05) is 31.1 Å². The summed E-state index contributed by atoms with van der Waals surface area (Å²) < 4.78 is 13.0. The van der Waals surface area contributed by atoms with Gasteiger partial charge in [-0.1, -0.05) is 30.3 Å². The van der Waals surface area contributed by atoms with Crippen LogP contribution < -0.4 is 4.90 Å². The van der Waals surface area contributed by atoms with Gasteiger partial charge in [0.2, 0.25) is 0 Å². The second-order valence-corrected chi connectivity index (χ2v) is 6.58. The Morgan fingerprint density at radius 3 is 2.09 bits per heavy atom. The minimum atomic E-state index is -0.155. The van der Waals surface area contributed by atoms with E-state index in [1.807, 2.05) is 12.1 Å². The van der Waals surface area contributed by atoms with Crippen LogP contribution in [0.4, 0.5) is 10.1 Å². The molecule has 4 rings (SSSR count). The topological polar surface area (TPSA) is 6.48 Å². The Morgan fingerprint density at radius 2 is 1.45 bits per heavy atom. The van der Waals surface area contributed by atoms with Crippen molar-refractivity contribution in [2.45, 2.75) is 6.54 Å². The van der Waals surface area contributed by atoms with Gasteiger partial charge in [0.15, 0.2) is 0 Å². The van der Waals surface area contributed by atoms with E-state index in [1.54, 1.807) is 12.1 Å². The molecule has 2 atom stereocenters. The molecule has 0 amide bonds. The van der Waals surface area contributed by atoms with E-state index in [-0.39, 0.29) is 5.82 Å². The Kier molecular flexibility index (Phi) is 3.59. The van der Waals surface area contributed by atoms with Crippen LogP contribution in [-0.4, -0.2) is 31.1 Å². The summed E-state index contributed by atoms with van der Waals surface area (Å²) in [6.45, 7) is 5.61. The molecule has 114 valence electrons. The van der Waals surface area contributed by atoms with Gasteiger partial charge in [-0.2, -0.15) is 0 Å². The van der Waals surface area contributed by atoms with Crippen LogP contribution in [0.25, 0.3) is 0 Å². The highest BCUT2D eigenvalue weighted by atomic mass is 19.1. The summed E-state index contributed by atoms with van der Waals surface area (Å²) in [4.78, 5) is 4.99. The number of hydrogen-bond acceptors (Lipinski definition) is 2. The summed E-state index contributed by atoms with van der Waals surface area (Å²) in [5.41, 5.74) is 2.56. The average Bonchev–Trinajstić information content (AvgIpc) is 3.07. The molecule has 2 heterocycles. The smallest absolute Gasteiger partial charge is 0.123 e. The second-order valence-electron chi connectivity index (χ2n) is 6.58. The third-order valence-corrected chi connectivity index (χ3v) is 5.00. The Balaban J connectivity index is 1.37. The quantitative estimate of drug-likeness (QED) is 0.856. The molecule has 2 fully saturated rings. The van der Waals surface area contributed by atoms with E-state index in [9.17, 15) is 4.39 Å².